The largest absolute Gasteiger partial charge is 0.370 e. The number of aromatic nitrogens is 2. The maximum absolute atomic E-state index is 5.90. The SMILES string of the molecule is CCC(N)CCNc1ncnc2c1CCCC2. The molecule has 4 heteroatoms. The summed E-state index contributed by atoms with van der Waals surface area (Å²) < 4.78 is 0. The number of nitrogens with zero attached hydrogens (tertiary/aromatic N) is 2. The molecule has 1 aliphatic carbocycles. The monoisotopic (exact) mass is 234 g/mol. The highest BCUT2D eigenvalue weighted by atomic mass is 15.0. The van der Waals surface area contributed by atoms with E-state index in [2.05, 4.69) is 22.2 Å². The van der Waals surface area contributed by atoms with Crippen LogP contribution < -0.4 is 11.1 Å². The molecule has 0 fully saturated rings. The Morgan fingerprint density at radius 3 is 3.00 bits per heavy atom. The Morgan fingerprint density at radius 1 is 1.35 bits per heavy atom. The molecule has 0 saturated carbocycles. The zero-order chi connectivity index (χ0) is 12.1. The fraction of sp³-hybridized carbons (Fsp3) is 0.692. The molecule has 1 aromatic rings. The van der Waals surface area contributed by atoms with Gasteiger partial charge in [-0.15, -0.1) is 0 Å². The van der Waals surface area contributed by atoms with Gasteiger partial charge in [0, 0.05) is 23.8 Å². The van der Waals surface area contributed by atoms with Crippen LogP contribution in [0.5, 0.6) is 0 Å². The highest BCUT2D eigenvalue weighted by Gasteiger charge is 2.14. The van der Waals surface area contributed by atoms with Gasteiger partial charge in [0.15, 0.2) is 0 Å². The van der Waals surface area contributed by atoms with Gasteiger partial charge < -0.3 is 11.1 Å². The molecule has 0 saturated heterocycles. The van der Waals surface area contributed by atoms with Gasteiger partial charge in [-0.25, -0.2) is 9.97 Å². The van der Waals surface area contributed by atoms with E-state index in [0.29, 0.717) is 6.04 Å². The fourth-order valence-electron chi connectivity index (χ4n) is 2.25. The van der Waals surface area contributed by atoms with E-state index in [1.165, 1.54) is 24.1 Å². The molecule has 1 aliphatic rings. The second-order valence-electron chi connectivity index (χ2n) is 4.74. The van der Waals surface area contributed by atoms with Crippen molar-refractivity contribution in [2.45, 2.75) is 51.5 Å². The molecular weight excluding hydrogens is 212 g/mol. The average molecular weight is 234 g/mol. The quantitative estimate of drug-likeness (QED) is 0.816. The van der Waals surface area contributed by atoms with Crippen molar-refractivity contribution < 1.29 is 0 Å². The van der Waals surface area contributed by atoms with Crippen LogP contribution in [0.3, 0.4) is 0 Å². The third-order valence-electron chi connectivity index (χ3n) is 3.46. The predicted octanol–water partition coefficient (Wildman–Crippen LogP) is 1.89. The van der Waals surface area contributed by atoms with Gasteiger partial charge in [-0.2, -0.15) is 0 Å². The van der Waals surface area contributed by atoms with E-state index < -0.39 is 0 Å². The molecule has 1 unspecified atom stereocenters. The van der Waals surface area contributed by atoms with Crippen LogP contribution in [0.15, 0.2) is 6.33 Å². The molecule has 17 heavy (non-hydrogen) atoms. The number of fused-ring (bicyclic) bond motifs is 1. The Morgan fingerprint density at radius 2 is 2.18 bits per heavy atom. The lowest BCUT2D eigenvalue weighted by Gasteiger charge is -2.18. The summed E-state index contributed by atoms with van der Waals surface area (Å²) in [6.07, 6.45) is 8.41. The summed E-state index contributed by atoms with van der Waals surface area (Å²) in [5, 5.41) is 3.41. The van der Waals surface area contributed by atoms with Crippen molar-refractivity contribution >= 4 is 5.82 Å². The van der Waals surface area contributed by atoms with Crippen molar-refractivity contribution in [1.82, 2.24) is 9.97 Å². The van der Waals surface area contributed by atoms with Crippen LogP contribution in [0, 0.1) is 0 Å². The molecule has 0 bridgehead atoms. The van der Waals surface area contributed by atoms with Crippen LogP contribution in [0.2, 0.25) is 0 Å². The number of rotatable bonds is 5. The summed E-state index contributed by atoms with van der Waals surface area (Å²) in [7, 11) is 0. The first-order valence-electron chi connectivity index (χ1n) is 6.63. The van der Waals surface area contributed by atoms with Gasteiger partial charge in [0.1, 0.15) is 12.1 Å². The van der Waals surface area contributed by atoms with E-state index in [9.17, 15) is 0 Å². The first kappa shape index (κ1) is 12.3. The molecule has 94 valence electrons. The second-order valence-corrected chi connectivity index (χ2v) is 4.74. The first-order chi connectivity index (χ1) is 8.31. The van der Waals surface area contributed by atoms with Crippen molar-refractivity contribution in [2.75, 3.05) is 11.9 Å². The molecule has 2 rings (SSSR count). The summed E-state index contributed by atoms with van der Waals surface area (Å²) in [5.41, 5.74) is 8.46. The summed E-state index contributed by atoms with van der Waals surface area (Å²) in [6.45, 7) is 3.02. The van der Waals surface area contributed by atoms with E-state index in [4.69, 9.17) is 5.73 Å². The molecule has 1 atom stereocenters. The lowest BCUT2D eigenvalue weighted by Crippen LogP contribution is -2.23. The van der Waals surface area contributed by atoms with Crippen molar-refractivity contribution in [2.24, 2.45) is 5.73 Å². The summed E-state index contributed by atoms with van der Waals surface area (Å²) in [5.74, 6) is 1.03. The molecule has 0 aromatic carbocycles. The topological polar surface area (TPSA) is 63.8 Å². The first-order valence-corrected chi connectivity index (χ1v) is 6.63. The van der Waals surface area contributed by atoms with Crippen LogP contribution in [-0.4, -0.2) is 22.6 Å². The Labute approximate surface area is 103 Å². The Bertz CT molecular complexity index is 364. The van der Waals surface area contributed by atoms with Crippen molar-refractivity contribution in [3.8, 4) is 0 Å². The maximum atomic E-state index is 5.90. The molecule has 4 nitrogen and oxygen atoms in total. The van der Waals surface area contributed by atoms with Crippen LogP contribution in [0.4, 0.5) is 5.82 Å². The molecule has 1 aromatic heterocycles. The number of nitrogens with one attached hydrogen (secondary N) is 1. The van der Waals surface area contributed by atoms with Crippen molar-refractivity contribution in [3.63, 3.8) is 0 Å². The van der Waals surface area contributed by atoms with Gasteiger partial charge in [0.25, 0.3) is 0 Å². The van der Waals surface area contributed by atoms with Gasteiger partial charge in [-0.1, -0.05) is 6.92 Å². The normalized spacial score (nSPS) is 16.4. The van der Waals surface area contributed by atoms with Gasteiger partial charge in [-0.3, -0.25) is 0 Å². The van der Waals surface area contributed by atoms with Gasteiger partial charge in [0.05, 0.1) is 0 Å². The molecular formula is C13H22N4. The highest BCUT2D eigenvalue weighted by molar-refractivity contribution is 5.46. The van der Waals surface area contributed by atoms with Crippen LogP contribution in [0.1, 0.15) is 43.9 Å². The minimum atomic E-state index is 0.292. The van der Waals surface area contributed by atoms with Crippen molar-refractivity contribution in [3.05, 3.63) is 17.6 Å². The van der Waals surface area contributed by atoms with Crippen LogP contribution >= 0.6 is 0 Å². The van der Waals surface area contributed by atoms with E-state index in [0.717, 1.165) is 38.0 Å². The molecule has 0 spiro atoms. The summed E-state index contributed by atoms with van der Waals surface area (Å²) >= 11 is 0. The summed E-state index contributed by atoms with van der Waals surface area (Å²) in [6, 6.07) is 0.292. The zero-order valence-electron chi connectivity index (χ0n) is 10.6. The Balaban J connectivity index is 1.96. The zero-order valence-corrected chi connectivity index (χ0v) is 10.6. The van der Waals surface area contributed by atoms with Gasteiger partial charge in [-0.05, 0) is 38.5 Å². The fourth-order valence-corrected chi connectivity index (χ4v) is 2.25. The third kappa shape index (κ3) is 3.16. The standard InChI is InChI=1S/C13H22N4/c1-2-10(14)7-8-15-13-11-5-3-4-6-12(11)16-9-17-13/h9-10H,2-8,14H2,1H3,(H,15,16,17). The number of anilines is 1. The number of nitrogens with two attached hydrogens (primary N) is 1. The number of hydrogen-bond acceptors (Lipinski definition) is 4. The minimum Gasteiger partial charge on any atom is -0.370 e. The van der Waals surface area contributed by atoms with Crippen LogP contribution in [-0.2, 0) is 12.8 Å². The molecule has 3 N–H and O–H groups in total. The summed E-state index contributed by atoms with van der Waals surface area (Å²) in [4.78, 5) is 8.72. The van der Waals surface area contributed by atoms with Crippen LogP contribution in [0.25, 0.3) is 0 Å². The van der Waals surface area contributed by atoms with E-state index >= 15 is 0 Å². The molecule has 1 heterocycles. The molecule has 0 radical (unpaired) electrons. The smallest absolute Gasteiger partial charge is 0.132 e. The maximum Gasteiger partial charge on any atom is 0.132 e. The predicted molar refractivity (Wildman–Crippen MR) is 70.0 cm³/mol. The minimum absolute atomic E-state index is 0.292. The Kier molecular flexibility index (Phi) is 4.31. The third-order valence-corrected chi connectivity index (χ3v) is 3.46. The Hall–Kier alpha value is -1.16. The van der Waals surface area contributed by atoms with Gasteiger partial charge >= 0.3 is 0 Å². The number of hydrogen-bond donors (Lipinski definition) is 2. The van der Waals surface area contributed by atoms with E-state index in [1.54, 1.807) is 6.33 Å². The second kappa shape index (κ2) is 5.96. The van der Waals surface area contributed by atoms with E-state index in [-0.39, 0.29) is 0 Å². The molecule has 0 aliphatic heterocycles. The average Bonchev–Trinajstić information content (AvgIpc) is 2.39. The lowest BCUT2D eigenvalue weighted by atomic mass is 9.96. The van der Waals surface area contributed by atoms with Gasteiger partial charge in [0.2, 0.25) is 0 Å². The highest BCUT2D eigenvalue weighted by Crippen LogP contribution is 2.24. The number of aryl methyl sites for hydroxylation is 1. The van der Waals surface area contributed by atoms with Crippen molar-refractivity contribution in [1.29, 1.82) is 0 Å². The van der Waals surface area contributed by atoms with E-state index in [1.807, 2.05) is 0 Å². The molecule has 0 amide bonds. The lowest BCUT2D eigenvalue weighted by molar-refractivity contribution is 0.611.